The van der Waals surface area contributed by atoms with Crippen LogP contribution in [0.5, 0.6) is 11.5 Å². The molecular formula is C29H35NO6. The quantitative estimate of drug-likeness (QED) is 0.325. The number of rotatable bonds is 11. The topological polar surface area (TPSA) is 78.2 Å². The minimum atomic E-state index is -0.589. The molecular weight excluding hydrogens is 458 g/mol. The van der Waals surface area contributed by atoms with Crippen molar-refractivity contribution >= 4 is 16.9 Å². The maximum absolute atomic E-state index is 13.8. The van der Waals surface area contributed by atoms with Gasteiger partial charge in [-0.3, -0.25) is 9.59 Å². The molecule has 1 unspecified atom stereocenters. The Morgan fingerprint density at radius 1 is 0.972 bits per heavy atom. The lowest BCUT2D eigenvalue weighted by Crippen LogP contribution is -2.31. The van der Waals surface area contributed by atoms with E-state index in [1.807, 2.05) is 44.2 Å². The van der Waals surface area contributed by atoms with Crippen LogP contribution in [0.1, 0.15) is 71.5 Å². The molecule has 1 atom stereocenters. The Kier molecular flexibility index (Phi) is 7.99. The Hall–Kier alpha value is -3.32. The van der Waals surface area contributed by atoms with Crippen LogP contribution >= 0.6 is 0 Å². The Labute approximate surface area is 212 Å². The molecule has 7 nitrogen and oxygen atoms in total. The zero-order valence-corrected chi connectivity index (χ0v) is 21.8. The van der Waals surface area contributed by atoms with Gasteiger partial charge in [0.15, 0.2) is 16.9 Å². The lowest BCUT2D eigenvalue weighted by Gasteiger charge is -2.25. The van der Waals surface area contributed by atoms with Crippen LogP contribution < -0.4 is 14.9 Å². The molecule has 0 saturated heterocycles. The molecule has 2 heterocycles. The van der Waals surface area contributed by atoms with Crippen LogP contribution in [0.25, 0.3) is 11.0 Å². The molecule has 2 aromatic carbocycles. The number of carbonyl (C=O) groups excluding carboxylic acids is 1. The van der Waals surface area contributed by atoms with E-state index < -0.39 is 6.04 Å². The predicted octanol–water partition coefficient (Wildman–Crippen LogP) is 5.57. The molecule has 0 spiro atoms. The van der Waals surface area contributed by atoms with E-state index in [0.29, 0.717) is 54.2 Å². The first-order chi connectivity index (χ1) is 17.4. The van der Waals surface area contributed by atoms with E-state index in [1.54, 1.807) is 19.1 Å². The number of methoxy groups -OCH3 is 2. The van der Waals surface area contributed by atoms with Gasteiger partial charge in [0.25, 0.3) is 5.91 Å². The Morgan fingerprint density at radius 3 is 2.50 bits per heavy atom. The van der Waals surface area contributed by atoms with E-state index >= 15 is 0 Å². The highest BCUT2D eigenvalue weighted by Crippen LogP contribution is 2.41. The maximum atomic E-state index is 13.8. The first kappa shape index (κ1) is 25.8. The van der Waals surface area contributed by atoms with Crippen LogP contribution in [0.4, 0.5) is 0 Å². The number of fused-ring (bicyclic) bond motifs is 2. The molecule has 0 fully saturated rings. The number of ether oxygens (including phenoxy) is 3. The lowest BCUT2D eigenvalue weighted by atomic mass is 9.97. The smallest absolute Gasteiger partial charge is 0.290 e. The van der Waals surface area contributed by atoms with E-state index in [2.05, 4.69) is 6.92 Å². The van der Waals surface area contributed by atoms with Gasteiger partial charge in [-0.15, -0.1) is 0 Å². The van der Waals surface area contributed by atoms with Crippen LogP contribution in [0.3, 0.4) is 0 Å². The van der Waals surface area contributed by atoms with Gasteiger partial charge < -0.3 is 23.5 Å². The summed E-state index contributed by atoms with van der Waals surface area (Å²) in [7, 11) is 3.22. The number of hydrogen-bond donors (Lipinski definition) is 0. The van der Waals surface area contributed by atoms with Gasteiger partial charge in [0.1, 0.15) is 5.58 Å². The van der Waals surface area contributed by atoms with Gasteiger partial charge in [0.05, 0.1) is 30.7 Å². The molecule has 0 bridgehead atoms. The fourth-order valence-corrected chi connectivity index (χ4v) is 4.94. The second kappa shape index (κ2) is 11.2. The summed E-state index contributed by atoms with van der Waals surface area (Å²) < 4.78 is 23.0. The average molecular weight is 494 g/mol. The van der Waals surface area contributed by atoms with Crippen molar-refractivity contribution in [3.63, 3.8) is 0 Å². The standard InChI is InChI=1S/C29H35NO6/c1-6-7-8-14-35-22-11-10-20(17-23(22)34-5)25-24-26(31)21-16-18(2)15-19(3)27(21)36-28(24)29(32)30(25)12-9-13-33-4/h10-11,15-17,25H,6-9,12-14H2,1-5H3. The zero-order valence-electron chi connectivity index (χ0n) is 21.8. The molecule has 3 aromatic rings. The van der Waals surface area contributed by atoms with Crippen molar-refractivity contribution in [1.29, 1.82) is 0 Å². The SMILES string of the molecule is CCCCCOc1ccc(C2c3c(oc4c(C)cc(C)cc4c3=O)C(=O)N2CCCOC)cc1OC. The second-order valence-electron chi connectivity index (χ2n) is 9.35. The van der Waals surface area contributed by atoms with Gasteiger partial charge >= 0.3 is 0 Å². The molecule has 36 heavy (non-hydrogen) atoms. The fraction of sp³-hybridized carbons (Fsp3) is 0.448. The van der Waals surface area contributed by atoms with E-state index in [1.165, 1.54) is 0 Å². The van der Waals surface area contributed by atoms with Gasteiger partial charge in [0, 0.05) is 20.3 Å². The fourth-order valence-electron chi connectivity index (χ4n) is 4.94. The molecule has 192 valence electrons. The highest BCUT2D eigenvalue weighted by molar-refractivity contribution is 5.99. The summed E-state index contributed by atoms with van der Waals surface area (Å²) in [5.41, 5.74) is 3.23. The van der Waals surface area contributed by atoms with Gasteiger partial charge in [-0.1, -0.05) is 31.9 Å². The molecule has 4 rings (SSSR count). The lowest BCUT2D eigenvalue weighted by molar-refractivity contribution is 0.0707. The van der Waals surface area contributed by atoms with Crippen LogP contribution in [-0.2, 0) is 4.74 Å². The highest BCUT2D eigenvalue weighted by atomic mass is 16.5. The van der Waals surface area contributed by atoms with Gasteiger partial charge in [-0.2, -0.15) is 0 Å². The third-order valence-electron chi connectivity index (χ3n) is 6.65. The van der Waals surface area contributed by atoms with Gasteiger partial charge in [0.2, 0.25) is 5.76 Å². The van der Waals surface area contributed by atoms with Gasteiger partial charge in [-0.05, 0) is 61.6 Å². The number of aryl methyl sites for hydroxylation is 2. The first-order valence-corrected chi connectivity index (χ1v) is 12.6. The maximum Gasteiger partial charge on any atom is 0.290 e. The van der Waals surface area contributed by atoms with E-state index in [9.17, 15) is 9.59 Å². The molecule has 1 aliphatic rings. The van der Waals surface area contributed by atoms with Crippen molar-refractivity contribution < 1.29 is 23.4 Å². The summed E-state index contributed by atoms with van der Waals surface area (Å²) in [4.78, 5) is 29.1. The summed E-state index contributed by atoms with van der Waals surface area (Å²) >= 11 is 0. The molecule has 7 heteroatoms. The van der Waals surface area contributed by atoms with Crippen molar-refractivity contribution in [2.45, 2.75) is 52.5 Å². The van der Waals surface area contributed by atoms with Crippen LogP contribution in [0, 0.1) is 13.8 Å². The molecule has 1 aromatic heterocycles. The number of nitrogens with zero attached hydrogens (tertiary/aromatic N) is 1. The molecule has 0 radical (unpaired) electrons. The number of amides is 1. The number of hydrogen-bond acceptors (Lipinski definition) is 6. The van der Waals surface area contributed by atoms with E-state index in [-0.39, 0.29) is 17.1 Å². The largest absolute Gasteiger partial charge is 0.493 e. The zero-order chi connectivity index (χ0) is 25.8. The third kappa shape index (κ3) is 4.85. The van der Waals surface area contributed by atoms with E-state index in [0.717, 1.165) is 36.0 Å². The highest BCUT2D eigenvalue weighted by Gasteiger charge is 2.42. The number of carbonyl (C=O) groups is 1. The molecule has 1 amide bonds. The second-order valence-corrected chi connectivity index (χ2v) is 9.35. The minimum Gasteiger partial charge on any atom is -0.493 e. The molecule has 0 saturated carbocycles. The Bertz CT molecular complexity index is 1310. The number of unbranched alkanes of at least 4 members (excludes halogenated alkanes) is 2. The summed E-state index contributed by atoms with van der Waals surface area (Å²) in [6.45, 7) is 7.52. The first-order valence-electron chi connectivity index (χ1n) is 12.6. The van der Waals surface area contributed by atoms with Gasteiger partial charge in [-0.25, -0.2) is 0 Å². The summed E-state index contributed by atoms with van der Waals surface area (Å²) in [5, 5.41) is 0.491. The number of benzene rings is 2. The molecule has 0 aliphatic carbocycles. The normalized spacial score (nSPS) is 15.0. The minimum absolute atomic E-state index is 0.112. The molecule has 0 N–H and O–H groups in total. The van der Waals surface area contributed by atoms with Crippen LogP contribution in [-0.4, -0.2) is 44.8 Å². The van der Waals surface area contributed by atoms with Crippen molar-refractivity contribution in [2.75, 3.05) is 34.0 Å². The third-order valence-corrected chi connectivity index (χ3v) is 6.65. The predicted molar refractivity (Wildman–Crippen MR) is 139 cm³/mol. The van der Waals surface area contributed by atoms with Crippen molar-refractivity contribution in [3.8, 4) is 11.5 Å². The van der Waals surface area contributed by atoms with E-state index in [4.69, 9.17) is 18.6 Å². The summed E-state index contributed by atoms with van der Waals surface area (Å²) in [5.74, 6) is 1.04. The monoisotopic (exact) mass is 493 g/mol. The van der Waals surface area contributed by atoms with Crippen LogP contribution in [0.2, 0.25) is 0 Å². The van der Waals surface area contributed by atoms with Crippen LogP contribution in [0.15, 0.2) is 39.5 Å². The van der Waals surface area contributed by atoms with Crippen molar-refractivity contribution in [3.05, 3.63) is 68.6 Å². The molecule has 1 aliphatic heterocycles. The van der Waals surface area contributed by atoms with Crippen molar-refractivity contribution in [2.24, 2.45) is 0 Å². The summed E-state index contributed by atoms with van der Waals surface area (Å²) in [6.07, 6.45) is 3.81. The average Bonchev–Trinajstić information content (AvgIpc) is 3.14. The Balaban J connectivity index is 1.82. The summed E-state index contributed by atoms with van der Waals surface area (Å²) in [6, 6.07) is 8.81. The Morgan fingerprint density at radius 2 is 1.78 bits per heavy atom. The van der Waals surface area contributed by atoms with Crippen molar-refractivity contribution in [1.82, 2.24) is 4.90 Å².